The van der Waals surface area contributed by atoms with Crippen molar-refractivity contribution in [1.29, 1.82) is 0 Å². The number of hydrogen-bond acceptors (Lipinski definition) is 5. The molecule has 1 saturated heterocycles. The summed E-state index contributed by atoms with van der Waals surface area (Å²) in [5.74, 6) is -0.0187. The molecule has 1 atom stereocenters. The van der Waals surface area contributed by atoms with E-state index in [9.17, 15) is 14.9 Å². The van der Waals surface area contributed by atoms with Gasteiger partial charge in [0.1, 0.15) is 5.69 Å². The van der Waals surface area contributed by atoms with Crippen molar-refractivity contribution < 1.29 is 9.72 Å². The lowest BCUT2D eigenvalue weighted by Crippen LogP contribution is -2.54. The number of nitro groups is 1. The summed E-state index contributed by atoms with van der Waals surface area (Å²) in [5, 5.41) is 14.6. The highest BCUT2D eigenvalue weighted by molar-refractivity contribution is 6.30. The van der Waals surface area contributed by atoms with Gasteiger partial charge in [0, 0.05) is 43.8 Å². The topological polar surface area (TPSA) is 78.7 Å². The molecule has 1 aliphatic rings. The van der Waals surface area contributed by atoms with Crippen LogP contribution in [0.15, 0.2) is 48.5 Å². The number of benzene rings is 2. The molecular weight excluding hydrogens is 380 g/mol. The SMILES string of the molecule is CC(C(=O)NCc1ccccc1)N1CCN(c2ccc(Cl)cc2[N+](=O)[O-])CC1. The van der Waals surface area contributed by atoms with E-state index in [4.69, 9.17) is 11.6 Å². The summed E-state index contributed by atoms with van der Waals surface area (Å²) in [5.41, 5.74) is 1.63. The van der Waals surface area contributed by atoms with Crippen LogP contribution in [0.1, 0.15) is 12.5 Å². The van der Waals surface area contributed by atoms with E-state index in [2.05, 4.69) is 10.2 Å². The number of piperazine rings is 1. The maximum absolute atomic E-state index is 12.5. The number of nitrogens with zero attached hydrogens (tertiary/aromatic N) is 3. The van der Waals surface area contributed by atoms with E-state index >= 15 is 0 Å². The smallest absolute Gasteiger partial charge is 0.294 e. The average Bonchev–Trinajstić information content (AvgIpc) is 2.72. The fourth-order valence-electron chi connectivity index (χ4n) is 3.36. The van der Waals surface area contributed by atoms with Gasteiger partial charge in [-0.3, -0.25) is 19.8 Å². The molecule has 0 bridgehead atoms. The van der Waals surface area contributed by atoms with Crippen LogP contribution in [0.4, 0.5) is 11.4 Å². The molecule has 2 aromatic carbocycles. The molecule has 0 aromatic heterocycles. The third kappa shape index (κ3) is 4.79. The Bertz CT molecular complexity index is 839. The lowest BCUT2D eigenvalue weighted by atomic mass is 10.1. The van der Waals surface area contributed by atoms with Gasteiger partial charge in [-0.05, 0) is 24.6 Å². The second kappa shape index (κ2) is 9.03. The normalized spacial score (nSPS) is 15.9. The third-order valence-corrected chi connectivity index (χ3v) is 5.26. The molecule has 28 heavy (non-hydrogen) atoms. The van der Waals surface area contributed by atoms with E-state index in [1.165, 1.54) is 6.07 Å². The first-order valence-corrected chi connectivity index (χ1v) is 9.58. The molecule has 1 aliphatic heterocycles. The molecule has 1 N–H and O–H groups in total. The number of carbonyl (C=O) groups excluding carboxylic acids is 1. The van der Waals surface area contributed by atoms with Crippen LogP contribution in [0.25, 0.3) is 0 Å². The van der Waals surface area contributed by atoms with Crippen molar-refractivity contribution in [1.82, 2.24) is 10.2 Å². The monoisotopic (exact) mass is 402 g/mol. The Balaban J connectivity index is 1.56. The number of halogens is 1. The van der Waals surface area contributed by atoms with Crippen LogP contribution >= 0.6 is 11.6 Å². The second-order valence-electron chi connectivity index (χ2n) is 6.79. The van der Waals surface area contributed by atoms with Crippen molar-refractivity contribution in [2.24, 2.45) is 0 Å². The van der Waals surface area contributed by atoms with E-state index < -0.39 is 4.92 Å². The predicted octanol–water partition coefficient (Wildman–Crippen LogP) is 3.08. The molecule has 1 fully saturated rings. The fraction of sp³-hybridized carbons (Fsp3) is 0.350. The van der Waals surface area contributed by atoms with E-state index in [0.29, 0.717) is 43.4 Å². The number of rotatable bonds is 6. The first kappa shape index (κ1) is 20.1. The van der Waals surface area contributed by atoms with Crippen molar-refractivity contribution in [3.8, 4) is 0 Å². The van der Waals surface area contributed by atoms with Crippen molar-refractivity contribution in [3.05, 3.63) is 69.2 Å². The summed E-state index contributed by atoms with van der Waals surface area (Å²) in [4.78, 5) is 27.5. The Kier molecular flexibility index (Phi) is 6.49. The van der Waals surface area contributed by atoms with Crippen LogP contribution in [0.5, 0.6) is 0 Å². The van der Waals surface area contributed by atoms with Crippen molar-refractivity contribution in [2.45, 2.75) is 19.5 Å². The van der Waals surface area contributed by atoms with Crippen LogP contribution < -0.4 is 10.2 Å². The minimum absolute atomic E-state index is 0.00889. The standard InChI is InChI=1S/C20H23ClN4O3/c1-15(20(26)22-14-16-5-3-2-4-6-16)23-9-11-24(12-10-23)18-8-7-17(21)13-19(18)25(27)28/h2-8,13,15H,9-12,14H2,1H3,(H,22,26). The van der Waals surface area contributed by atoms with Crippen LogP contribution in [0.3, 0.4) is 0 Å². The molecule has 8 heteroatoms. The highest BCUT2D eigenvalue weighted by Gasteiger charge is 2.28. The molecule has 0 spiro atoms. The molecule has 1 heterocycles. The maximum Gasteiger partial charge on any atom is 0.294 e. The van der Waals surface area contributed by atoms with Gasteiger partial charge in [-0.15, -0.1) is 0 Å². The van der Waals surface area contributed by atoms with E-state index in [1.54, 1.807) is 12.1 Å². The summed E-state index contributed by atoms with van der Waals surface area (Å²) < 4.78 is 0. The van der Waals surface area contributed by atoms with Gasteiger partial charge in [-0.25, -0.2) is 0 Å². The van der Waals surface area contributed by atoms with E-state index in [-0.39, 0.29) is 17.6 Å². The highest BCUT2D eigenvalue weighted by Crippen LogP contribution is 2.31. The van der Waals surface area contributed by atoms with Crippen LogP contribution in [0, 0.1) is 10.1 Å². The maximum atomic E-state index is 12.5. The number of anilines is 1. The predicted molar refractivity (Wildman–Crippen MR) is 110 cm³/mol. The van der Waals surface area contributed by atoms with Crippen molar-refractivity contribution in [3.63, 3.8) is 0 Å². The largest absolute Gasteiger partial charge is 0.363 e. The fourth-order valence-corrected chi connectivity index (χ4v) is 3.53. The molecule has 0 aliphatic carbocycles. The van der Waals surface area contributed by atoms with Gasteiger partial charge in [0.05, 0.1) is 11.0 Å². The highest BCUT2D eigenvalue weighted by atomic mass is 35.5. The molecule has 0 radical (unpaired) electrons. The number of hydrogen-bond donors (Lipinski definition) is 1. The molecule has 3 rings (SSSR count). The number of carbonyl (C=O) groups is 1. The summed E-state index contributed by atoms with van der Waals surface area (Å²) in [7, 11) is 0. The summed E-state index contributed by atoms with van der Waals surface area (Å²) in [6.45, 7) is 4.92. The molecule has 148 valence electrons. The Labute approximate surface area is 169 Å². The van der Waals surface area contributed by atoms with E-state index in [1.807, 2.05) is 42.2 Å². The Hall–Kier alpha value is -2.64. The van der Waals surface area contributed by atoms with Crippen molar-refractivity contribution >= 4 is 28.9 Å². The molecule has 7 nitrogen and oxygen atoms in total. The number of nitro benzene ring substituents is 1. The van der Waals surface area contributed by atoms with Gasteiger partial charge in [0.2, 0.25) is 5.91 Å². The number of amides is 1. The quantitative estimate of drug-likeness (QED) is 0.593. The minimum Gasteiger partial charge on any atom is -0.363 e. The minimum atomic E-state index is -0.409. The Morgan fingerprint density at radius 1 is 1.18 bits per heavy atom. The molecule has 1 unspecified atom stereocenters. The first-order chi connectivity index (χ1) is 13.5. The number of nitrogens with one attached hydrogen (secondary N) is 1. The van der Waals surface area contributed by atoms with Crippen LogP contribution in [0.2, 0.25) is 5.02 Å². The van der Waals surface area contributed by atoms with E-state index in [0.717, 1.165) is 5.56 Å². The Morgan fingerprint density at radius 2 is 1.86 bits per heavy atom. The van der Waals surface area contributed by atoms with Gasteiger partial charge in [-0.1, -0.05) is 41.9 Å². The van der Waals surface area contributed by atoms with Gasteiger partial charge in [-0.2, -0.15) is 0 Å². The zero-order chi connectivity index (χ0) is 20.1. The zero-order valence-corrected chi connectivity index (χ0v) is 16.4. The van der Waals surface area contributed by atoms with Crippen LogP contribution in [-0.2, 0) is 11.3 Å². The van der Waals surface area contributed by atoms with Crippen molar-refractivity contribution in [2.75, 3.05) is 31.1 Å². The summed E-state index contributed by atoms with van der Waals surface area (Å²) in [6.07, 6.45) is 0. The van der Waals surface area contributed by atoms with Gasteiger partial charge < -0.3 is 10.2 Å². The third-order valence-electron chi connectivity index (χ3n) is 5.03. The molecule has 1 amide bonds. The first-order valence-electron chi connectivity index (χ1n) is 9.20. The molecular formula is C20H23ClN4O3. The summed E-state index contributed by atoms with van der Waals surface area (Å²) >= 11 is 5.90. The second-order valence-corrected chi connectivity index (χ2v) is 7.23. The van der Waals surface area contributed by atoms with Gasteiger partial charge in [0.15, 0.2) is 0 Å². The summed E-state index contributed by atoms with van der Waals surface area (Å²) in [6, 6.07) is 14.3. The van der Waals surface area contributed by atoms with Gasteiger partial charge >= 0.3 is 0 Å². The Morgan fingerprint density at radius 3 is 2.50 bits per heavy atom. The molecule has 0 saturated carbocycles. The lowest BCUT2D eigenvalue weighted by Gasteiger charge is -2.38. The molecule has 2 aromatic rings. The zero-order valence-electron chi connectivity index (χ0n) is 15.7. The lowest BCUT2D eigenvalue weighted by molar-refractivity contribution is -0.384. The van der Waals surface area contributed by atoms with Gasteiger partial charge in [0.25, 0.3) is 5.69 Å². The van der Waals surface area contributed by atoms with Crippen LogP contribution in [-0.4, -0.2) is 48.0 Å². The average molecular weight is 403 g/mol.